The molecule has 0 saturated heterocycles. The summed E-state index contributed by atoms with van der Waals surface area (Å²) in [5, 5.41) is 12.0. The molecule has 1 N–H and O–H groups in total. The second-order valence-electron chi connectivity index (χ2n) is 5.46. The van der Waals surface area contributed by atoms with Crippen LogP contribution < -0.4 is 10.9 Å². The molecule has 1 saturated carbocycles. The summed E-state index contributed by atoms with van der Waals surface area (Å²) in [6.45, 7) is 3.86. The third-order valence-electron chi connectivity index (χ3n) is 3.68. The number of carbonyl (C=O) groups excluding carboxylic acids is 1. The van der Waals surface area contributed by atoms with Crippen molar-refractivity contribution in [2.24, 2.45) is 5.41 Å². The third kappa shape index (κ3) is 3.14. The Morgan fingerprint density at radius 3 is 2.79 bits per heavy atom. The molecule has 1 aromatic rings. The highest BCUT2D eigenvalue weighted by atomic mass is 16.2. The molecule has 5 heteroatoms. The largest absolute Gasteiger partial charge is 0.324 e. The fourth-order valence-electron chi connectivity index (χ4n) is 1.95. The minimum absolute atomic E-state index is 0.0624. The molecule has 0 radical (unpaired) electrons. The maximum absolute atomic E-state index is 11.9. The van der Waals surface area contributed by atoms with Gasteiger partial charge in [0.1, 0.15) is 0 Å². The maximum atomic E-state index is 11.9. The lowest BCUT2D eigenvalue weighted by Crippen LogP contribution is -2.31. The molecule has 1 aliphatic carbocycles. The lowest BCUT2D eigenvalue weighted by Gasteiger charge is -2.10. The Bertz CT molecular complexity index is 502. The molecule has 1 amide bonds. The van der Waals surface area contributed by atoms with Crippen molar-refractivity contribution in [1.29, 1.82) is 5.26 Å². The molecule has 0 atom stereocenters. The Morgan fingerprint density at radius 1 is 1.58 bits per heavy atom. The van der Waals surface area contributed by atoms with Crippen molar-refractivity contribution in [1.82, 2.24) is 4.98 Å². The van der Waals surface area contributed by atoms with Gasteiger partial charge < -0.3 is 5.32 Å². The number of nitrogens with zero attached hydrogens (tertiary/aromatic N) is 2. The first kappa shape index (κ1) is 13.6. The smallest absolute Gasteiger partial charge is 0.321 e. The first-order valence-electron chi connectivity index (χ1n) is 6.76. The van der Waals surface area contributed by atoms with Gasteiger partial charge in [-0.15, -0.1) is 0 Å². The second-order valence-corrected chi connectivity index (χ2v) is 5.46. The van der Waals surface area contributed by atoms with Crippen molar-refractivity contribution in [3.8, 4) is 5.97 Å². The Morgan fingerprint density at radius 2 is 2.32 bits per heavy atom. The van der Waals surface area contributed by atoms with E-state index in [1.165, 1.54) is 0 Å². The van der Waals surface area contributed by atoms with E-state index in [0.29, 0.717) is 5.69 Å². The number of rotatable bonds is 5. The molecular formula is C14H18BN3O. The molecule has 1 heterocycles. The van der Waals surface area contributed by atoms with E-state index in [1.807, 2.05) is 19.1 Å². The van der Waals surface area contributed by atoms with Crippen molar-refractivity contribution in [2.75, 3.05) is 5.32 Å². The normalized spacial score (nSPS) is 15.4. The fourth-order valence-corrected chi connectivity index (χ4v) is 1.95. The number of anilines is 1. The number of pyridine rings is 1. The summed E-state index contributed by atoms with van der Waals surface area (Å²) in [4.78, 5) is 16.2. The van der Waals surface area contributed by atoms with Gasteiger partial charge in [0.15, 0.2) is 0 Å². The summed E-state index contributed by atoms with van der Waals surface area (Å²) < 4.78 is 0. The van der Waals surface area contributed by atoms with Crippen LogP contribution in [0.4, 0.5) is 5.69 Å². The zero-order valence-electron chi connectivity index (χ0n) is 11.4. The van der Waals surface area contributed by atoms with Gasteiger partial charge in [-0.3, -0.25) is 9.78 Å². The van der Waals surface area contributed by atoms with E-state index >= 15 is 0 Å². The summed E-state index contributed by atoms with van der Waals surface area (Å²) >= 11 is 0. The van der Waals surface area contributed by atoms with Crippen LogP contribution in [0.25, 0.3) is 0 Å². The highest BCUT2D eigenvalue weighted by Gasteiger charge is 2.44. The highest BCUT2D eigenvalue weighted by Crippen LogP contribution is 2.45. The Labute approximate surface area is 114 Å². The standard InChI is InChI=1S/C14H18BN3O/c1-3-8-15(10-16)12-5-4-11(9-17-12)18-13(19)14(2)6-7-14/h4-5,9H,3,6-8H2,1-2H3,(H,18,19). The molecule has 1 fully saturated rings. The van der Waals surface area contributed by atoms with Crippen LogP contribution in [-0.4, -0.2) is 17.6 Å². The molecule has 2 rings (SSSR count). The first-order chi connectivity index (χ1) is 9.09. The number of aromatic nitrogens is 1. The number of carbonyl (C=O) groups is 1. The van der Waals surface area contributed by atoms with Crippen LogP contribution in [-0.2, 0) is 4.79 Å². The molecule has 0 aliphatic heterocycles. The molecule has 0 spiro atoms. The molecule has 0 aromatic carbocycles. The predicted octanol–water partition coefficient (Wildman–Crippen LogP) is 1.99. The van der Waals surface area contributed by atoms with E-state index < -0.39 is 0 Å². The van der Waals surface area contributed by atoms with E-state index in [-0.39, 0.29) is 18.0 Å². The lowest BCUT2D eigenvalue weighted by molar-refractivity contribution is -0.120. The van der Waals surface area contributed by atoms with Crippen LogP contribution in [0.5, 0.6) is 0 Å². The van der Waals surface area contributed by atoms with Crippen LogP contribution in [0.1, 0.15) is 33.1 Å². The van der Waals surface area contributed by atoms with E-state index in [0.717, 1.165) is 31.2 Å². The zero-order valence-corrected chi connectivity index (χ0v) is 11.4. The zero-order chi connectivity index (χ0) is 13.9. The van der Waals surface area contributed by atoms with E-state index in [4.69, 9.17) is 5.26 Å². The molecule has 1 aliphatic rings. The number of nitriles is 1. The van der Waals surface area contributed by atoms with Crippen LogP contribution in [0.15, 0.2) is 18.3 Å². The average molecular weight is 255 g/mol. The van der Waals surface area contributed by atoms with Gasteiger partial charge in [0.05, 0.1) is 5.69 Å². The summed E-state index contributed by atoms with van der Waals surface area (Å²) in [5.41, 5.74) is 1.30. The predicted molar refractivity (Wildman–Crippen MR) is 76.3 cm³/mol. The van der Waals surface area contributed by atoms with Gasteiger partial charge in [-0.2, -0.15) is 0 Å². The van der Waals surface area contributed by atoms with Gasteiger partial charge >= 0.3 is 6.71 Å². The number of nitrogens with one attached hydrogen (secondary N) is 1. The van der Waals surface area contributed by atoms with Crippen LogP contribution in [0.3, 0.4) is 0 Å². The third-order valence-corrected chi connectivity index (χ3v) is 3.68. The summed E-state index contributed by atoms with van der Waals surface area (Å²) in [7, 11) is 0. The Kier molecular flexibility index (Phi) is 3.89. The van der Waals surface area contributed by atoms with Gasteiger partial charge in [-0.25, -0.2) is 5.26 Å². The van der Waals surface area contributed by atoms with Crippen molar-refractivity contribution >= 4 is 23.9 Å². The summed E-state index contributed by atoms with van der Waals surface area (Å²) in [5.74, 6) is 2.33. The van der Waals surface area contributed by atoms with Gasteiger partial charge in [-0.05, 0) is 25.0 Å². The topological polar surface area (TPSA) is 65.8 Å². The van der Waals surface area contributed by atoms with Gasteiger partial charge in [0.25, 0.3) is 0 Å². The number of hydrogen-bond acceptors (Lipinski definition) is 3. The molecular weight excluding hydrogens is 237 g/mol. The molecule has 0 bridgehead atoms. The Hall–Kier alpha value is -1.83. The summed E-state index contributed by atoms with van der Waals surface area (Å²) in [6.07, 6.45) is 5.32. The molecule has 19 heavy (non-hydrogen) atoms. The highest BCUT2D eigenvalue weighted by molar-refractivity contribution is 6.79. The van der Waals surface area contributed by atoms with Crippen molar-refractivity contribution in [3.63, 3.8) is 0 Å². The van der Waals surface area contributed by atoms with Crippen molar-refractivity contribution in [2.45, 2.75) is 39.4 Å². The summed E-state index contributed by atoms with van der Waals surface area (Å²) in [6, 6.07) is 3.65. The van der Waals surface area contributed by atoms with Crippen molar-refractivity contribution < 1.29 is 4.79 Å². The molecule has 4 nitrogen and oxygen atoms in total. The van der Waals surface area contributed by atoms with Gasteiger partial charge in [-0.1, -0.05) is 26.6 Å². The first-order valence-corrected chi connectivity index (χ1v) is 6.76. The lowest BCUT2D eigenvalue weighted by atomic mass is 9.46. The quantitative estimate of drug-likeness (QED) is 0.818. The Balaban J connectivity index is 2.02. The van der Waals surface area contributed by atoms with Crippen LogP contribution in [0, 0.1) is 16.6 Å². The minimum Gasteiger partial charge on any atom is -0.324 e. The average Bonchev–Trinajstić information content (AvgIpc) is 3.16. The molecule has 0 unspecified atom stereocenters. The van der Waals surface area contributed by atoms with E-state index in [1.54, 1.807) is 6.20 Å². The maximum Gasteiger partial charge on any atom is 0.321 e. The van der Waals surface area contributed by atoms with E-state index in [2.05, 4.69) is 23.2 Å². The van der Waals surface area contributed by atoms with E-state index in [9.17, 15) is 4.79 Å². The van der Waals surface area contributed by atoms with Crippen LogP contribution in [0.2, 0.25) is 6.32 Å². The second kappa shape index (κ2) is 5.44. The number of amides is 1. The van der Waals surface area contributed by atoms with Gasteiger partial charge in [0, 0.05) is 23.2 Å². The monoisotopic (exact) mass is 255 g/mol. The van der Waals surface area contributed by atoms with Gasteiger partial charge in [0.2, 0.25) is 5.91 Å². The minimum atomic E-state index is -0.184. The van der Waals surface area contributed by atoms with Crippen molar-refractivity contribution in [3.05, 3.63) is 18.3 Å². The number of hydrogen-bond donors (Lipinski definition) is 1. The van der Waals surface area contributed by atoms with Crippen LogP contribution >= 0.6 is 0 Å². The SMILES string of the molecule is CCCB(C#N)c1ccc(NC(=O)C2(C)CC2)cn1. The molecule has 98 valence electrons. The fraction of sp³-hybridized carbons (Fsp3) is 0.500. The molecule has 1 aromatic heterocycles.